The zero-order valence-corrected chi connectivity index (χ0v) is 11.7. The number of piperazine rings is 1. The van der Waals surface area contributed by atoms with Crippen LogP contribution < -0.4 is 10.2 Å². The van der Waals surface area contributed by atoms with Crippen LogP contribution in [0.25, 0.3) is 0 Å². The third-order valence-electron chi connectivity index (χ3n) is 3.04. The van der Waals surface area contributed by atoms with E-state index < -0.39 is 0 Å². The Morgan fingerprint density at radius 2 is 2.38 bits per heavy atom. The summed E-state index contributed by atoms with van der Waals surface area (Å²) in [4.78, 5) is 2.46. The van der Waals surface area contributed by atoms with E-state index in [9.17, 15) is 0 Å². The molecule has 16 heavy (non-hydrogen) atoms. The van der Waals surface area contributed by atoms with Crippen LogP contribution in [0.3, 0.4) is 0 Å². The smallest absolute Gasteiger partial charge is 0.0515 e. The highest BCUT2D eigenvalue weighted by molar-refractivity contribution is 9.10. The SMILES string of the molecule is CCC1CNCCN1c1ccc(Cl)cc1Br. The van der Waals surface area contributed by atoms with Crippen molar-refractivity contribution in [1.29, 1.82) is 0 Å². The quantitative estimate of drug-likeness (QED) is 0.902. The summed E-state index contributed by atoms with van der Waals surface area (Å²) in [5.41, 5.74) is 1.25. The molecule has 1 saturated heterocycles. The number of benzene rings is 1. The van der Waals surface area contributed by atoms with Gasteiger partial charge in [-0.05, 0) is 40.5 Å². The average Bonchev–Trinajstić information content (AvgIpc) is 2.29. The summed E-state index contributed by atoms with van der Waals surface area (Å²) in [5.74, 6) is 0. The Morgan fingerprint density at radius 1 is 1.56 bits per heavy atom. The van der Waals surface area contributed by atoms with Gasteiger partial charge in [0.1, 0.15) is 0 Å². The molecule has 0 radical (unpaired) electrons. The van der Waals surface area contributed by atoms with Gasteiger partial charge >= 0.3 is 0 Å². The molecule has 2 nitrogen and oxygen atoms in total. The molecule has 1 aliphatic rings. The molecule has 4 heteroatoms. The van der Waals surface area contributed by atoms with Crippen LogP contribution in [-0.2, 0) is 0 Å². The number of rotatable bonds is 2. The molecule has 1 atom stereocenters. The van der Waals surface area contributed by atoms with Gasteiger partial charge in [0.2, 0.25) is 0 Å². The first-order valence-corrected chi connectivity index (χ1v) is 6.82. The summed E-state index contributed by atoms with van der Waals surface area (Å²) in [5, 5.41) is 4.21. The van der Waals surface area contributed by atoms with Crippen molar-refractivity contribution in [3.8, 4) is 0 Å². The van der Waals surface area contributed by atoms with E-state index in [1.165, 1.54) is 5.69 Å². The van der Waals surface area contributed by atoms with Crippen molar-refractivity contribution >= 4 is 33.2 Å². The van der Waals surface area contributed by atoms with E-state index in [0.29, 0.717) is 6.04 Å². The second-order valence-electron chi connectivity index (χ2n) is 4.06. The molecule has 1 N–H and O–H groups in total. The van der Waals surface area contributed by atoms with Gasteiger partial charge in [0.25, 0.3) is 0 Å². The summed E-state index contributed by atoms with van der Waals surface area (Å²) in [6, 6.07) is 6.59. The van der Waals surface area contributed by atoms with E-state index in [-0.39, 0.29) is 0 Å². The lowest BCUT2D eigenvalue weighted by Crippen LogP contribution is -2.51. The van der Waals surface area contributed by atoms with Gasteiger partial charge in [-0.15, -0.1) is 0 Å². The molecule has 0 aromatic heterocycles. The summed E-state index contributed by atoms with van der Waals surface area (Å²) >= 11 is 9.56. The van der Waals surface area contributed by atoms with Crippen molar-refractivity contribution in [1.82, 2.24) is 5.32 Å². The lowest BCUT2D eigenvalue weighted by Gasteiger charge is -2.38. The van der Waals surface area contributed by atoms with Gasteiger partial charge in [0.15, 0.2) is 0 Å². The topological polar surface area (TPSA) is 15.3 Å². The number of nitrogens with zero attached hydrogens (tertiary/aromatic N) is 1. The van der Waals surface area contributed by atoms with Gasteiger partial charge < -0.3 is 10.2 Å². The first-order chi connectivity index (χ1) is 7.72. The van der Waals surface area contributed by atoms with Crippen LogP contribution in [0.5, 0.6) is 0 Å². The largest absolute Gasteiger partial charge is 0.365 e. The Bertz CT molecular complexity index is 370. The monoisotopic (exact) mass is 302 g/mol. The minimum atomic E-state index is 0.575. The fraction of sp³-hybridized carbons (Fsp3) is 0.500. The Labute approximate surface area is 110 Å². The zero-order chi connectivity index (χ0) is 11.5. The molecule has 0 saturated carbocycles. The Hall–Kier alpha value is -0.250. The van der Waals surface area contributed by atoms with Crippen molar-refractivity contribution in [2.24, 2.45) is 0 Å². The van der Waals surface area contributed by atoms with E-state index in [1.54, 1.807) is 0 Å². The van der Waals surface area contributed by atoms with Gasteiger partial charge in [-0.2, -0.15) is 0 Å². The molecule has 88 valence electrons. The molecule has 0 aliphatic carbocycles. The number of hydrogen-bond donors (Lipinski definition) is 1. The molecule has 2 rings (SSSR count). The van der Waals surface area contributed by atoms with E-state index >= 15 is 0 Å². The minimum absolute atomic E-state index is 0.575. The Balaban J connectivity index is 2.27. The van der Waals surface area contributed by atoms with Crippen molar-refractivity contribution in [3.05, 3.63) is 27.7 Å². The van der Waals surface area contributed by atoms with Gasteiger partial charge in [0, 0.05) is 35.2 Å². The molecule has 0 spiro atoms. The third-order valence-corrected chi connectivity index (χ3v) is 3.91. The maximum atomic E-state index is 5.97. The zero-order valence-electron chi connectivity index (χ0n) is 9.34. The lowest BCUT2D eigenvalue weighted by molar-refractivity contribution is 0.466. The molecular formula is C12H16BrClN2. The van der Waals surface area contributed by atoms with Crippen molar-refractivity contribution in [3.63, 3.8) is 0 Å². The predicted octanol–water partition coefficient (Wildman–Crippen LogP) is 3.29. The first-order valence-electron chi connectivity index (χ1n) is 5.64. The molecular weight excluding hydrogens is 288 g/mol. The number of hydrogen-bond acceptors (Lipinski definition) is 2. The fourth-order valence-corrected chi connectivity index (χ4v) is 3.07. The fourth-order valence-electron chi connectivity index (χ4n) is 2.16. The van der Waals surface area contributed by atoms with E-state index in [2.05, 4.69) is 39.1 Å². The molecule has 0 amide bonds. The van der Waals surface area contributed by atoms with E-state index in [1.807, 2.05) is 12.1 Å². The van der Waals surface area contributed by atoms with Crippen LogP contribution >= 0.6 is 27.5 Å². The highest BCUT2D eigenvalue weighted by Gasteiger charge is 2.22. The summed E-state index contributed by atoms with van der Waals surface area (Å²) < 4.78 is 1.08. The normalized spacial score (nSPS) is 21.2. The van der Waals surface area contributed by atoms with Crippen LogP contribution in [-0.4, -0.2) is 25.7 Å². The molecule has 0 bridgehead atoms. The number of anilines is 1. The average molecular weight is 304 g/mol. The van der Waals surface area contributed by atoms with Crippen molar-refractivity contribution in [2.45, 2.75) is 19.4 Å². The van der Waals surface area contributed by atoms with Gasteiger partial charge in [0.05, 0.1) is 5.69 Å². The molecule has 1 aliphatic heterocycles. The van der Waals surface area contributed by atoms with Crippen LogP contribution in [0.4, 0.5) is 5.69 Å². The Kier molecular flexibility index (Phi) is 4.11. The van der Waals surface area contributed by atoms with Gasteiger partial charge in [-0.3, -0.25) is 0 Å². The second kappa shape index (κ2) is 5.39. The maximum absolute atomic E-state index is 5.97. The predicted molar refractivity (Wildman–Crippen MR) is 73.4 cm³/mol. The second-order valence-corrected chi connectivity index (χ2v) is 5.35. The molecule has 1 unspecified atom stereocenters. The van der Waals surface area contributed by atoms with Crippen LogP contribution in [0.2, 0.25) is 5.02 Å². The van der Waals surface area contributed by atoms with Crippen LogP contribution in [0, 0.1) is 0 Å². The van der Waals surface area contributed by atoms with E-state index in [0.717, 1.165) is 35.6 Å². The van der Waals surface area contributed by atoms with Crippen LogP contribution in [0.1, 0.15) is 13.3 Å². The summed E-state index contributed by atoms with van der Waals surface area (Å²) in [6.45, 7) is 5.39. The molecule has 1 fully saturated rings. The molecule has 1 aromatic rings. The van der Waals surface area contributed by atoms with Crippen molar-refractivity contribution < 1.29 is 0 Å². The number of nitrogens with one attached hydrogen (secondary N) is 1. The first kappa shape index (κ1) is 12.2. The highest BCUT2D eigenvalue weighted by atomic mass is 79.9. The van der Waals surface area contributed by atoms with Crippen LogP contribution in [0.15, 0.2) is 22.7 Å². The molecule has 1 aromatic carbocycles. The van der Waals surface area contributed by atoms with Gasteiger partial charge in [-0.1, -0.05) is 18.5 Å². The molecule has 1 heterocycles. The standard InChI is InChI=1S/C12H16BrClN2/c1-2-10-8-15-5-6-16(10)12-4-3-9(14)7-11(12)13/h3-4,7,10,15H,2,5-6,8H2,1H3. The van der Waals surface area contributed by atoms with Crippen molar-refractivity contribution in [2.75, 3.05) is 24.5 Å². The Morgan fingerprint density at radius 3 is 3.06 bits per heavy atom. The minimum Gasteiger partial charge on any atom is -0.365 e. The third kappa shape index (κ3) is 2.53. The van der Waals surface area contributed by atoms with Gasteiger partial charge in [-0.25, -0.2) is 0 Å². The maximum Gasteiger partial charge on any atom is 0.0515 e. The van der Waals surface area contributed by atoms with E-state index in [4.69, 9.17) is 11.6 Å². The highest BCUT2D eigenvalue weighted by Crippen LogP contribution is 2.31. The summed E-state index contributed by atoms with van der Waals surface area (Å²) in [7, 11) is 0. The summed E-state index contributed by atoms with van der Waals surface area (Å²) in [6.07, 6.45) is 1.15. The lowest BCUT2D eigenvalue weighted by atomic mass is 10.1. The number of halogens is 2.